The van der Waals surface area contributed by atoms with E-state index >= 15 is 0 Å². The van der Waals surface area contributed by atoms with Crippen molar-refractivity contribution >= 4 is 70.9 Å². The molecule has 0 atom stereocenters. The zero-order valence-corrected chi connectivity index (χ0v) is 39.0. The van der Waals surface area contributed by atoms with E-state index in [1.807, 2.05) is 72.8 Å². The van der Waals surface area contributed by atoms with Gasteiger partial charge >= 0.3 is 12.7 Å². The molecule has 0 aliphatic rings. The zero-order valence-electron chi connectivity index (χ0n) is 36.7. The van der Waals surface area contributed by atoms with Crippen LogP contribution in [0.1, 0.15) is 22.3 Å². The third kappa shape index (κ3) is 16.5. The van der Waals surface area contributed by atoms with Gasteiger partial charge in [-0.1, -0.05) is 95.5 Å². The van der Waals surface area contributed by atoms with Gasteiger partial charge in [0.25, 0.3) is 0 Å². The highest BCUT2D eigenvalue weighted by Gasteiger charge is 2.31. The Bertz CT molecular complexity index is 3080. The van der Waals surface area contributed by atoms with Gasteiger partial charge in [0.1, 0.15) is 23.1 Å². The number of ether oxygens (including phenoxy) is 2. The van der Waals surface area contributed by atoms with E-state index in [1.165, 1.54) is 67.0 Å². The van der Waals surface area contributed by atoms with Crippen molar-refractivity contribution in [3.05, 3.63) is 195 Å². The van der Waals surface area contributed by atoms with Crippen molar-refractivity contribution in [1.29, 1.82) is 0 Å². The van der Waals surface area contributed by atoms with E-state index in [9.17, 15) is 30.7 Å². The fraction of sp³-hybridized carbons (Fsp3) is 0.0816. The standard InChI is InChI=1S/C25H19ClF3N5O.C24H16Cl2F4N6O/c26-20-10-6-17(7-11-20)15-30-23-14-22(19-4-2-1-3-5-19)32-24(33-23)34-31-16-18-8-12-21(13-9-18)35-25(27,28)29;25-16-8-4-14(5-9-16)12-31-22-33-21(20-18(26)2-1-3-19(20)27)34-23(35-22)36-32-13-15-6-10-17(11-7-15)37-24(28,29)30/h1-14,16H,15H2,(H2,30,32,33,34);1-11,13H,12H2,(H2,31,33,34,35,36)/b31-16-;32-13-. The fourth-order valence-electron chi connectivity index (χ4n) is 6.09. The van der Waals surface area contributed by atoms with Gasteiger partial charge in [0.15, 0.2) is 5.82 Å². The number of aromatic nitrogens is 5. The minimum Gasteiger partial charge on any atom is -0.406 e. The maximum Gasteiger partial charge on any atom is 0.573 e. The van der Waals surface area contributed by atoms with Gasteiger partial charge in [-0.2, -0.15) is 30.1 Å². The molecule has 8 rings (SSSR count). The summed E-state index contributed by atoms with van der Waals surface area (Å²) in [5, 5.41) is 15.8. The number of benzene rings is 6. The molecule has 0 radical (unpaired) electrons. The molecule has 13 nitrogen and oxygen atoms in total. The number of hydrogen-bond acceptors (Lipinski definition) is 13. The summed E-state index contributed by atoms with van der Waals surface area (Å²) >= 11 is 18.1. The van der Waals surface area contributed by atoms with E-state index in [4.69, 9.17) is 34.8 Å². The van der Waals surface area contributed by atoms with Gasteiger partial charge < -0.3 is 20.1 Å². The molecule has 0 bridgehead atoms. The molecule has 0 saturated carbocycles. The van der Waals surface area contributed by atoms with Crippen LogP contribution in [0.5, 0.6) is 11.5 Å². The van der Waals surface area contributed by atoms with Crippen LogP contribution in [-0.4, -0.2) is 50.1 Å². The van der Waals surface area contributed by atoms with Crippen molar-refractivity contribution < 1.29 is 40.2 Å². The molecule has 0 aliphatic heterocycles. The number of hydrogen-bond donors (Lipinski definition) is 4. The molecule has 72 heavy (non-hydrogen) atoms. The Morgan fingerprint density at radius 2 is 1.01 bits per heavy atom. The first-order valence-corrected chi connectivity index (χ1v) is 22.0. The first-order chi connectivity index (χ1) is 34.5. The number of rotatable bonds is 16. The Hall–Kier alpha value is -8.07. The molecule has 23 heteroatoms. The molecular formula is C49H35Cl3F7N11O2. The molecule has 0 amide bonds. The fourth-order valence-corrected chi connectivity index (χ4v) is 6.59. The first kappa shape index (κ1) is 51.8. The summed E-state index contributed by atoms with van der Waals surface area (Å²) in [6, 6.07) is 40.6. The predicted octanol–water partition coefficient (Wildman–Crippen LogP) is 13.7. The molecule has 0 aliphatic carbocycles. The largest absolute Gasteiger partial charge is 0.573 e. The second-order valence-electron chi connectivity index (χ2n) is 14.7. The van der Waals surface area contributed by atoms with E-state index < -0.39 is 18.5 Å². The zero-order chi connectivity index (χ0) is 51.1. The third-order valence-corrected chi connectivity index (χ3v) is 10.2. The summed E-state index contributed by atoms with van der Waals surface area (Å²) in [5.41, 5.74) is 9.91. The van der Waals surface area contributed by atoms with Gasteiger partial charge in [0.05, 0.1) is 28.7 Å². The minimum atomic E-state index is -4.78. The monoisotopic (exact) mass is 1050 g/mol. The summed E-state index contributed by atoms with van der Waals surface area (Å²) in [7, 11) is 0. The van der Waals surface area contributed by atoms with Crippen LogP contribution in [0.2, 0.25) is 15.1 Å². The van der Waals surface area contributed by atoms with Crippen LogP contribution in [0.15, 0.2) is 162 Å². The second kappa shape index (κ2) is 24.2. The highest BCUT2D eigenvalue weighted by Crippen LogP contribution is 2.30. The third-order valence-electron chi connectivity index (χ3n) is 9.35. The van der Waals surface area contributed by atoms with Gasteiger partial charge in [0, 0.05) is 34.8 Å². The van der Waals surface area contributed by atoms with E-state index in [1.54, 1.807) is 12.1 Å². The van der Waals surface area contributed by atoms with Crippen molar-refractivity contribution in [3.8, 4) is 34.1 Å². The van der Waals surface area contributed by atoms with Crippen LogP contribution in [0.4, 0.5) is 54.4 Å². The van der Waals surface area contributed by atoms with Crippen LogP contribution in [0, 0.1) is 5.82 Å². The van der Waals surface area contributed by atoms with Crippen LogP contribution in [-0.2, 0) is 13.1 Å². The smallest absolute Gasteiger partial charge is 0.406 e. The number of nitrogens with zero attached hydrogens (tertiary/aromatic N) is 7. The summed E-state index contributed by atoms with van der Waals surface area (Å²) in [6.45, 7) is 0.859. The molecule has 0 fully saturated rings. The van der Waals surface area contributed by atoms with Crippen LogP contribution < -0.4 is 31.0 Å². The predicted molar refractivity (Wildman–Crippen MR) is 264 cm³/mol. The number of hydrazone groups is 2. The van der Waals surface area contributed by atoms with E-state index in [2.05, 4.69) is 66.1 Å². The average molecular weight is 1050 g/mol. The maximum atomic E-state index is 14.5. The molecule has 0 unspecified atom stereocenters. The van der Waals surface area contributed by atoms with Crippen LogP contribution in [0.25, 0.3) is 22.6 Å². The van der Waals surface area contributed by atoms with E-state index in [0.29, 0.717) is 45.8 Å². The van der Waals surface area contributed by atoms with Crippen LogP contribution >= 0.6 is 34.8 Å². The quantitative estimate of drug-likeness (QED) is 0.0415. The lowest BCUT2D eigenvalue weighted by Gasteiger charge is -2.10. The Balaban J connectivity index is 0.000000212. The number of alkyl halides is 6. The summed E-state index contributed by atoms with van der Waals surface area (Å²) in [4.78, 5) is 21.7. The van der Waals surface area contributed by atoms with Crippen molar-refractivity contribution in [2.75, 3.05) is 21.5 Å². The SMILES string of the molecule is FC(F)(F)Oc1ccc(/C=N\Nc2nc(NCc3ccc(Cl)cc3)cc(-c3ccccc3)n2)cc1.Fc1cccc(Cl)c1-c1nc(NCc2ccc(Cl)cc2)nc(N/N=C\c2ccc(OC(F)(F)F)cc2)n1. The normalized spacial score (nSPS) is 11.5. The molecule has 0 spiro atoms. The molecule has 2 aromatic heterocycles. The van der Waals surface area contributed by atoms with Crippen molar-refractivity contribution in [2.24, 2.45) is 10.2 Å². The lowest BCUT2D eigenvalue weighted by Crippen LogP contribution is -2.17. The average Bonchev–Trinajstić information content (AvgIpc) is 3.34. The molecule has 368 valence electrons. The molecule has 4 N–H and O–H groups in total. The highest BCUT2D eigenvalue weighted by molar-refractivity contribution is 6.33. The Labute approximate surface area is 420 Å². The van der Waals surface area contributed by atoms with E-state index in [-0.39, 0.29) is 45.8 Å². The van der Waals surface area contributed by atoms with Crippen molar-refractivity contribution in [1.82, 2.24) is 24.9 Å². The number of nitrogens with one attached hydrogen (secondary N) is 4. The van der Waals surface area contributed by atoms with Gasteiger partial charge in [-0.05, 0) is 107 Å². The van der Waals surface area contributed by atoms with Gasteiger partial charge in [-0.25, -0.2) is 20.2 Å². The molecule has 0 saturated heterocycles. The first-order valence-electron chi connectivity index (χ1n) is 20.9. The number of halogens is 10. The van der Waals surface area contributed by atoms with Crippen LogP contribution in [0.3, 0.4) is 0 Å². The molecule has 2 heterocycles. The van der Waals surface area contributed by atoms with Crippen molar-refractivity contribution in [2.45, 2.75) is 25.8 Å². The lowest BCUT2D eigenvalue weighted by atomic mass is 10.1. The summed E-state index contributed by atoms with van der Waals surface area (Å²) < 4.78 is 96.1. The lowest BCUT2D eigenvalue weighted by molar-refractivity contribution is -0.275. The Kier molecular flexibility index (Phi) is 17.4. The Morgan fingerprint density at radius 1 is 0.514 bits per heavy atom. The van der Waals surface area contributed by atoms with Gasteiger partial charge in [0.2, 0.25) is 17.8 Å². The molecular weight excluding hydrogens is 1010 g/mol. The minimum absolute atomic E-state index is 0.0200. The van der Waals surface area contributed by atoms with Crippen molar-refractivity contribution in [3.63, 3.8) is 0 Å². The highest BCUT2D eigenvalue weighted by atomic mass is 35.5. The molecule has 6 aromatic carbocycles. The van der Waals surface area contributed by atoms with Gasteiger partial charge in [-0.3, -0.25) is 0 Å². The second-order valence-corrected chi connectivity index (χ2v) is 15.9. The summed E-state index contributed by atoms with van der Waals surface area (Å²) in [6.07, 6.45) is -6.75. The van der Waals surface area contributed by atoms with E-state index in [0.717, 1.165) is 28.8 Å². The van der Waals surface area contributed by atoms with Gasteiger partial charge in [-0.15, -0.1) is 26.3 Å². The maximum absolute atomic E-state index is 14.5. The number of anilines is 4. The molecule has 8 aromatic rings. The topological polar surface area (TPSA) is 156 Å². The summed E-state index contributed by atoms with van der Waals surface area (Å²) in [5.74, 6) is -0.419. The Morgan fingerprint density at radius 3 is 1.53 bits per heavy atom.